The Morgan fingerprint density at radius 1 is 1.08 bits per heavy atom. The van der Waals surface area contributed by atoms with E-state index in [1.807, 2.05) is 0 Å². The lowest BCUT2D eigenvalue weighted by molar-refractivity contribution is -0.138. The number of benzene rings is 2. The predicted octanol–water partition coefficient (Wildman–Crippen LogP) is 3.60. The summed E-state index contributed by atoms with van der Waals surface area (Å²) in [6, 6.07) is 8.29. The number of carbonyl (C=O) groups is 1. The van der Waals surface area contributed by atoms with Crippen molar-refractivity contribution in [2.75, 3.05) is 11.8 Å². The molecule has 0 fully saturated rings. The summed E-state index contributed by atoms with van der Waals surface area (Å²) in [7, 11) is -3.11. The maximum atomic E-state index is 13.1. The monoisotopic (exact) mass is 373 g/mol. The molecule has 0 saturated carbocycles. The van der Waals surface area contributed by atoms with Gasteiger partial charge in [-0.2, -0.15) is 13.2 Å². The van der Waals surface area contributed by atoms with E-state index >= 15 is 0 Å². The summed E-state index contributed by atoms with van der Waals surface area (Å²) in [6.07, 6.45) is -4.85. The van der Waals surface area contributed by atoms with Gasteiger partial charge in [0.2, 0.25) is 0 Å². The second kappa shape index (κ2) is 6.75. The summed E-state index contributed by atoms with van der Waals surface area (Å²) in [5, 5.41) is 0. The Morgan fingerprint density at radius 2 is 1.68 bits per heavy atom. The van der Waals surface area contributed by atoms with E-state index < -0.39 is 33.3 Å². The normalized spacial score (nSPS) is 11.9. The van der Waals surface area contributed by atoms with E-state index in [4.69, 9.17) is 0 Å². The van der Waals surface area contributed by atoms with E-state index in [1.165, 1.54) is 12.1 Å². The molecule has 0 aliphatic rings. The van der Waals surface area contributed by atoms with Gasteiger partial charge < -0.3 is 4.74 Å². The number of carbonyl (C=O) groups excluding carboxylic acids is 1. The number of methoxy groups -OCH3 is 1. The summed E-state index contributed by atoms with van der Waals surface area (Å²) in [5.41, 5.74) is -1.47. The molecule has 0 unspecified atom stereocenters. The van der Waals surface area contributed by atoms with Crippen LogP contribution in [0.4, 0.5) is 18.9 Å². The minimum Gasteiger partial charge on any atom is -0.465 e. The van der Waals surface area contributed by atoms with Crippen molar-refractivity contribution in [2.45, 2.75) is 18.0 Å². The van der Waals surface area contributed by atoms with Crippen LogP contribution >= 0.6 is 0 Å². The molecule has 0 aliphatic heterocycles. The molecule has 1 N–H and O–H groups in total. The number of alkyl halides is 3. The molecule has 0 saturated heterocycles. The van der Waals surface area contributed by atoms with Gasteiger partial charge in [-0.05, 0) is 37.3 Å². The molecular formula is C16H14F3NO4S. The minimum atomic E-state index is -4.85. The Hall–Kier alpha value is -2.55. The van der Waals surface area contributed by atoms with Gasteiger partial charge in [0.15, 0.2) is 0 Å². The zero-order valence-electron chi connectivity index (χ0n) is 13.2. The fourth-order valence-corrected chi connectivity index (χ4v) is 3.11. The highest BCUT2D eigenvalue weighted by Gasteiger charge is 2.36. The van der Waals surface area contributed by atoms with Crippen LogP contribution in [-0.4, -0.2) is 21.5 Å². The zero-order chi connectivity index (χ0) is 18.8. The Morgan fingerprint density at radius 3 is 2.20 bits per heavy atom. The smallest absolute Gasteiger partial charge is 0.417 e. The number of esters is 1. The molecule has 2 aromatic carbocycles. The fraction of sp³-hybridized carbons (Fsp3) is 0.188. The highest BCUT2D eigenvalue weighted by Crippen LogP contribution is 2.34. The highest BCUT2D eigenvalue weighted by molar-refractivity contribution is 7.92. The van der Waals surface area contributed by atoms with Gasteiger partial charge in [-0.25, -0.2) is 13.2 Å². The molecule has 134 valence electrons. The first-order chi connectivity index (χ1) is 11.5. The molecule has 0 atom stereocenters. The van der Waals surface area contributed by atoms with E-state index in [9.17, 15) is 26.4 Å². The zero-order valence-corrected chi connectivity index (χ0v) is 14.0. The number of anilines is 1. The molecule has 0 aromatic heterocycles. The van der Waals surface area contributed by atoms with Crippen LogP contribution in [0.2, 0.25) is 0 Å². The van der Waals surface area contributed by atoms with Crippen molar-refractivity contribution in [3.05, 3.63) is 59.2 Å². The van der Waals surface area contributed by atoms with Crippen LogP contribution in [0.5, 0.6) is 0 Å². The first kappa shape index (κ1) is 18.8. The second-order valence-corrected chi connectivity index (χ2v) is 6.85. The van der Waals surface area contributed by atoms with Crippen molar-refractivity contribution in [3.63, 3.8) is 0 Å². The van der Waals surface area contributed by atoms with Crippen LogP contribution in [0.25, 0.3) is 0 Å². The summed E-state index contributed by atoms with van der Waals surface area (Å²) >= 11 is 0. The standard InChI is InChI=1S/C16H14F3NO4S/c1-10-3-6-12(7-4-10)25(22,23)20-11-5-8-13(15(21)24-2)14(9-11)16(17,18)19/h3-9,20H,1-2H3. The lowest BCUT2D eigenvalue weighted by Crippen LogP contribution is -2.17. The number of halogens is 3. The van der Waals surface area contributed by atoms with Crippen LogP contribution in [0.15, 0.2) is 47.4 Å². The summed E-state index contributed by atoms with van der Waals surface area (Å²) in [5.74, 6) is -1.17. The maximum absolute atomic E-state index is 13.1. The van der Waals surface area contributed by atoms with Gasteiger partial charge in [0.1, 0.15) is 0 Å². The third-order valence-electron chi connectivity index (χ3n) is 3.31. The molecule has 25 heavy (non-hydrogen) atoms. The quantitative estimate of drug-likeness (QED) is 0.831. The van der Waals surface area contributed by atoms with E-state index in [0.29, 0.717) is 6.07 Å². The maximum Gasteiger partial charge on any atom is 0.417 e. The van der Waals surface area contributed by atoms with E-state index in [2.05, 4.69) is 9.46 Å². The molecule has 0 heterocycles. The largest absolute Gasteiger partial charge is 0.465 e. The SMILES string of the molecule is COC(=O)c1ccc(NS(=O)(=O)c2ccc(C)cc2)cc1C(F)(F)F. The lowest BCUT2D eigenvalue weighted by atomic mass is 10.1. The number of aryl methyl sites for hydroxylation is 1. The van der Waals surface area contributed by atoms with E-state index in [-0.39, 0.29) is 10.6 Å². The molecule has 0 amide bonds. The number of hydrogen-bond donors (Lipinski definition) is 1. The van der Waals surface area contributed by atoms with Crippen LogP contribution in [0, 0.1) is 6.92 Å². The predicted molar refractivity (Wildman–Crippen MR) is 84.8 cm³/mol. The minimum absolute atomic E-state index is 0.0938. The van der Waals surface area contributed by atoms with Crippen molar-refractivity contribution in [3.8, 4) is 0 Å². The molecule has 5 nitrogen and oxygen atoms in total. The summed E-state index contributed by atoms with van der Waals surface area (Å²) < 4.78 is 70.3. The topological polar surface area (TPSA) is 72.5 Å². The molecule has 0 spiro atoms. The lowest BCUT2D eigenvalue weighted by Gasteiger charge is -2.14. The molecule has 0 radical (unpaired) electrons. The Balaban J connectivity index is 2.43. The first-order valence-electron chi connectivity index (χ1n) is 6.93. The summed E-state index contributed by atoms with van der Waals surface area (Å²) in [4.78, 5) is 11.4. The van der Waals surface area contributed by atoms with Gasteiger partial charge in [-0.1, -0.05) is 17.7 Å². The van der Waals surface area contributed by atoms with Crippen LogP contribution in [0.3, 0.4) is 0 Å². The molecule has 2 aromatic rings. The number of sulfonamides is 1. The number of hydrogen-bond acceptors (Lipinski definition) is 4. The van der Waals surface area contributed by atoms with Gasteiger partial charge >= 0.3 is 12.1 Å². The number of rotatable bonds is 4. The molecular weight excluding hydrogens is 359 g/mol. The van der Waals surface area contributed by atoms with E-state index in [1.54, 1.807) is 19.1 Å². The molecule has 9 heteroatoms. The van der Waals surface area contributed by atoms with Crippen molar-refractivity contribution in [2.24, 2.45) is 0 Å². The first-order valence-corrected chi connectivity index (χ1v) is 8.42. The van der Waals surface area contributed by atoms with Crippen LogP contribution < -0.4 is 4.72 Å². The van der Waals surface area contributed by atoms with Crippen LogP contribution in [0.1, 0.15) is 21.5 Å². The Bertz CT molecular complexity index is 891. The highest BCUT2D eigenvalue weighted by atomic mass is 32.2. The van der Waals surface area contributed by atoms with E-state index in [0.717, 1.165) is 24.8 Å². The van der Waals surface area contributed by atoms with Gasteiger partial charge in [0, 0.05) is 5.69 Å². The molecule has 2 rings (SSSR count). The average Bonchev–Trinajstić information content (AvgIpc) is 2.53. The van der Waals surface area contributed by atoms with Gasteiger partial charge in [-0.15, -0.1) is 0 Å². The number of nitrogens with one attached hydrogen (secondary N) is 1. The van der Waals surface area contributed by atoms with Crippen LogP contribution in [-0.2, 0) is 20.9 Å². The van der Waals surface area contributed by atoms with Gasteiger partial charge in [-0.3, -0.25) is 4.72 Å². The van der Waals surface area contributed by atoms with Crippen molar-refractivity contribution in [1.29, 1.82) is 0 Å². The van der Waals surface area contributed by atoms with Gasteiger partial charge in [0.25, 0.3) is 10.0 Å². The van der Waals surface area contributed by atoms with Crippen molar-refractivity contribution < 1.29 is 31.1 Å². The average molecular weight is 373 g/mol. The van der Waals surface area contributed by atoms with Crippen molar-refractivity contribution in [1.82, 2.24) is 0 Å². The van der Waals surface area contributed by atoms with Crippen molar-refractivity contribution >= 4 is 21.7 Å². The summed E-state index contributed by atoms with van der Waals surface area (Å²) in [6.45, 7) is 1.77. The Labute approximate surface area is 142 Å². The number of ether oxygens (including phenoxy) is 1. The fourth-order valence-electron chi connectivity index (χ4n) is 2.06. The Kier molecular flexibility index (Phi) is 5.07. The third kappa shape index (κ3) is 4.30. The third-order valence-corrected chi connectivity index (χ3v) is 4.71. The molecule has 0 bridgehead atoms. The van der Waals surface area contributed by atoms with Gasteiger partial charge in [0.05, 0.1) is 23.1 Å². The second-order valence-electron chi connectivity index (χ2n) is 5.17. The molecule has 0 aliphatic carbocycles.